The summed E-state index contributed by atoms with van der Waals surface area (Å²) in [5, 5.41) is 4.38. The van der Waals surface area contributed by atoms with Gasteiger partial charge in [-0.25, -0.2) is 0 Å². The van der Waals surface area contributed by atoms with Gasteiger partial charge in [0.1, 0.15) is 0 Å². The lowest BCUT2D eigenvalue weighted by molar-refractivity contribution is 0.435. The van der Waals surface area contributed by atoms with E-state index in [2.05, 4.69) is 5.16 Å². The molecule has 2 rings (SSSR count). The van der Waals surface area contributed by atoms with E-state index >= 15 is 0 Å². The van der Waals surface area contributed by atoms with Crippen LogP contribution in [0.1, 0.15) is 11.1 Å². The first kappa shape index (κ1) is 10.1. The minimum atomic E-state index is 0.377. The number of nitrogen functional groups attached to an aromatic ring is 1. The molecule has 15 heavy (non-hydrogen) atoms. The Morgan fingerprint density at radius 3 is 2.60 bits per heavy atom. The smallest absolute Gasteiger partial charge is 0.169 e. The van der Waals surface area contributed by atoms with Gasteiger partial charge in [0.25, 0.3) is 0 Å². The summed E-state index contributed by atoms with van der Waals surface area (Å²) in [7, 11) is 0. The van der Waals surface area contributed by atoms with Crippen molar-refractivity contribution < 1.29 is 4.52 Å². The van der Waals surface area contributed by atoms with Crippen molar-refractivity contribution in [2.45, 2.75) is 13.8 Å². The molecule has 0 radical (unpaired) electrons. The monoisotopic (exact) mass is 222 g/mol. The molecule has 0 unspecified atom stereocenters. The molecule has 0 aliphatic carbocycles. The van der Waals surface area contributed by atoms with Crippen molar-refractivity contribution in [3.8, 4) is 11.3 Å². The van der Waals surface area contributed by atoms with Crippen LogP contribution in [0.2, 0.25) is 5.02 Å². The summed E-state index contributed by atoms with van der Waals surface area (Å²) in [5.74, 6) is 1.03. The minimum absolute atomic E-state index is 0.377. The number of aromatic nitrogens is 1. The maximum Gasteiger partial charge on any atom is 0.169 e. The predicted octanol–water partition coefficient (Wildman–Crippen LogP) is 3.19. The van der Waals surface area contributed by atoms with Crippen LogP contribution in [0.4, 0.5) is 5.82 Å². The number of halogens is 1. The zero-order valence-corrected chi connectivity index (χ0v) is 9.30. The van der Waals surface area contributed by atoms with Gasteiger partial charge in [0.15, 0.2) is 11.6 Å². The number of nitrogens with two attached hydrogens (primary N) is 1. The predicted molar refractivity (Wildman–Crippen MR) is 60.8 cm³/mol. The average Bonchev–Trinajstić information content (AvgIpc) is 2.58. The van der Waals surface area contributed by atoms with Crippen molar-refractivity contribution >= 4 is 17.4 Å². The Bertz CT molecular complexity index is 505. The zero-order valence-electron chi connectivity index (χ0n) is 8.54. The van der Waals surface area contributed by atoms with E-state index in [4.69, 9.17) is 21.9 Å². The van der Waals surface area contributed by atoms with Crippen molar-refractivity contribution in [2.24, 2.45) is 0 Å². The highest BCUT2D eigenvalue weighted by molar-refractivity contribution is 6.31. The quantitative estimate of drug-likeness (QED) is 0.806. The van der Waals surface area contributed by atoms with E-state index in [1.807, 2.05) is 26.0 Å². The van der Waals surface area contributed by atoms with Gasteiger partial charge in [-0.3, -0.25) is 0 Å². The largest absolute Gasteiger partial charge is 0.381 e. The summed E-state index contributed by atoms with van der Waals surface area (Å²) in [6.45, 7) is 3.92. The molecule has 0 saturated carbocycles. The van der Waals surface area contributed by atoms with Gasteiger partial charge >= 0.3 is 0 Å². The fourth-order valence-electron chi connectivity index (χ4n) is 1.49. The SMILES string of the molecule is Cc1cc(Cl)c(C)c(-c2cc(N)no2)c1. The van der Waals surface area contributed by atoms with Crippen molar-refractivity contribution in [3.05, 3.63) is 34.3 Å². The number of rotatable bonds is 1. The van der Waals surface area contributed by atoms with Gasteiger partial charge in [0, 0.05) is 16.7 Å². The first-order chi connectivity index (χ1) is 7.08. The molecule has 0 atom stereocenters. The first-order valence-corrected chi connectivity index (χ1v) is 4.95. The molecular formula is C11H11ClN2O. The molecule has 0 aliphatic heterocycles. The molecule has 78 valence electrons. The Hall–Kier alpha value is -1.48. The van der Waals surface area contributed by atoms with Gasteiger partial charge < -0.3 is 10.3 Å². The number of hydrogen-bond acceptors (Lipinski definition) is 3. The standard InChI is InChI=1S/C11H11ClN2O/c1-6-3-8(7(2)9(12)4-6)10-5-11(13)14-15-10/h3-5H,1-2H3,(H2,13,14). The Morgan fingerprint density at radius 1 is 1.27 bits per heavy atom. The zero-order chi connectivity index (χ0) is 11.0. The van der Waals surface area contributed by atoms with Crippen molar-refractivity contribution in [2.75, 3.05) is 5.73 Å². The Morgan fingerprint density at radius 2 is 2.00 bits per heavy atom. The van der Waals surface area contributed by atoms with Gasteiger partial charge in [-0.1, -0.05) is 16.8 Å². The molecule has 0 spiro atoms. The van der Waals surface area contributed by atoms with Crippen molar-refractivity contribution in [1.82, 2.24) is 5.16 Å². The molecule has 4 heteroatoms. The molecule has 3 nitrogen and oxygen atoms in total. The van der Waals surface area contributed by atoms with Gasteiger partial charge in [0.2, 0.25) is 0 Å². The highest BCUT2D eigenvalue weighted by atomic mass is 35.5. The normalized spacial score (nSPS) is 10.6. The van der Waals surface area contributed by atoms with Gasteiger partial charge in [0.05, 0.1) is 0 Å². The average molecular weight is 223 g/mol. The van der Waals surface area contributed by atoms with Gasteiger partial charge in [-0.2, -0.15) is 0 Å². The van der Waals surface area contributed by atoms with Gasteiger partial charge in [-0.15, -0.1) is 0 Å². The molecule has 1 aromatic carbocycles. The second kappa shape index (κ2) is 3.59. The third-order valence-electron chi connectivity index (χ3n) is 2.28. The Labute approximate surface area is 92.8 Å². The maximum absolute atomic E-state index is 6.08. The lowest BCUT2D eigenvalue weighted by Crippen LogP contribution is -1.85. The van der Waals surface area contributed by atoms with E-state index in [0.29, 0.717) is 11.6 Å². The van der Waals surface area contributed by atoms with E-state index in [1.54, 1.807) is 6.07 Å². The van der Waals surface area contributed by atoms with Crippen LogP contribution in [0, 0.1) is 13.8 Å². The highest BCUT2D eigenvalue weighted by Crippen LogP contribution is 2.30. The molecular weight excluding hydrogens is 212 g/mol. The summed E-state index contributed by atoms with van der Waals surface area (Å²) in [5.41, 5.74) is 8.49. The van der Waals surface area contributed by atoms with Crippen LogP contribution in [-0.4, -0.2) is 5.16 Å². The Kier molecular flexibility index (Phi) is 2.40. The topological polar surface area (TPSA) is 52.0 Å². The van der Waals surface area contributed by atoms with E-state index in [0.717, 1.165) is 21.7 Å². The van der Waals surface area contributed by atoms with Crippen molar-refractivity contribution in [3.63, 3.8) is 0 Å². The van der Waals surface area contributed by atoms with Crippen LogP contribution >= 0.6 is 11.6 Å². The third-order valence-corrected chi connectivity index (χ3v) is 2.68. The molecule has 1 aromatic heterocycles. The first-order valence-electron chi connectivity index (χ1n) is 4.57. The van der Waals surface area contributed by atoms with E-state index in [1.165, 1.54) is 0 Å². The van der Waals surface area contributed by atoms with Crippen LogP contribution in [0.5, 0.6) is 0 Å². The van der Waals surface area contributed by atoms with E-state index < -0.39 is 0 Å². The third kappa shape index (κ3) is 1.83. The maximum atomic E-state index is 6.08. The van der Waals surface area contributed by atoms with Crippen LogP contribution < -0.4 is 5.73 Å². The molecule has 0 aliphatic rings. The van der Waals surface area contributed by atoms with Crippen molar-refractivity contribution in [1.29, 1.82) is 0 Å². The number of hydrogen-bond donors (Lipinski definition) is 1. The highest BCUT2D eigenvalue weighted by Gasteiger charge is 2.10. The second-order valence-electron chi connectivity index (χ2n) is 3.54. The molecule has 0 bridgehead atoms. The van der Waals surface area contributed by atoms with Crippen LogP contribution in [-0.2, 0) is 0 Å². The summed E-state index contributed by atoms with van der Waals surface area (Å²) in [6, 6.07) is 5.61. The minimum Gasteiger partial charge on any atom is -0.381 e. The summed E-state index contributed by atoms with van der Waals surface area (Å²) < 4.78 is 5.11. The van der Waals surface area contributed by atoms with Crippen LogP contribution in [0.3, 0.4) is 0 Å². The number of benzene rings is 1. The molecule has 1 heterocycles. The lowest BCUT2D eigenvalue weighted by Gasteiger charge is -2.05. The molecule has 0 amide bonds. The number of nitrogens with zero attached hydrogens (tertiary/aromatic N) is 1. The number of aryl methyl sites for hydroxylation is 1. The second-order valence-corrected chi connectivity index (χ2v) is 3.94. The fraction of sp³-hybridized carbons (Fsp3) is 0.182. The molecule has 0 saturated heterocycles. The van der Waals surface area contributed by atoms with E-state index in [-0.39, 0.29) is 0 Å². The van der Waals surface area contributed by atoms with E-state index in [9.17, 15) is 0 Å². The molecule has 2 aromatic rings. The van der Waals surface area contributed by atoms with Crippen LogP contribution in [0.25, 0.3) is 11.3 Å². The van der Waals surface area contributed by atoms with Gasteiger partial charge in [-0.05, 0) is 37.1 Å². The lowest BCUT2D eigenvalue weighted by atomic mass is 10.0. The Balaban J connectivity index is 2.62. The summed E-state index contributed by atoms with van der Waals surface area (Å²) in [6.07, 6.45) is 0. The summed E-state index contributed by atoms with van der Waals surface area (Å²) >= 11 is 6.08. The molecule has 2 N–H and O–H groups in total. The molecule has 0 fully saturated rings. The fourth-order valence-corrected chi connectivity index (χ4v) is 1.76. The summed E-state index contributed by atoms with van der Waals surface area (Å²) in [4.78, 5) is 0. The number of anilines is 1. The van der Waals surface area contributed by atoms with Crippen LogP contribution in [0.15, 0.2) is 22.7 Å².